The van der Waals surface area contributed by atoms with Crippen LogP contribution in [0.1, 0.15) is 22.8 Å². The van der Waals surface area contributed by atoms with Gasteiger partial charge in [0.2, 0.25) is 0 Å². The number of aromatic hydroxyl groups is 1. The Morgan fingerprint density at radius 2 is 2.00 bits per heavy atom. The maximum Gasteiger partial charge on any atom is 0.259 e. The normalized spacial score (nSPS) is 10.2. The standard InChI is InChI=1S/C15H14ClNO2/c1-2-10-5-3-4-6-13(10)17-15(19)12-9-11(16)7-8-14(12)18/h3-9,18H,2H2,1H3,(H,17,19). The molecule has 0 atom stereocenters. The minimum Gasteiger partial charge on any atom is -0.507 e. The van der Waals surface area contributed by atoms with Crippen LogP contribution < -0.4 is 5.32 Å². The smallest absolute Gasteiger partial charge is 0.259 e. The molecule has 4 heteroatoms. The van der Waals surface area contributed by atoms with E-state index in [1.165, 1.54) is 18.2 Å². The van der Waals surface area contributed by atoms with Crippen molar-refractivity contribution in [3.05, 3.63) is 58.6 Å². The van der Waals surface area contributed by atoms with Gasteiger partial charge in [-0.2, -0.15) is 0 Å². The molecule has 19 heavy (non-hydrogen) atoms. The molecule has 2 N–H and O–H groups in total. The van der Waals surface area contributed by atoms with Gasteiger partial charge in [0, 0.05) is 10.7 Å². The van der Waals surface area contributed by atoms with Crippen LogP contribution in [0.2, 0.25) is 5.02 Å². The van der Waals surface area contributed by atoms with Crippen LogP contribution in [0.25, 0.3) is 0 Å². The molecule has 0 unspecified atom stereocenters. The van der Waals surface area contributed by atoms with Gasteiger partial charge in [0.15, 0.2) is 0 Å². The summed E-state index contributed by atoms with van der Waals surface area (Å²) in [6.07, 6.45) is 0.817. The number of hydrogen-bond acceptors (Lipinski definition) is 2. The van der Waals surface area contributed by atoms with Gasteiger partial charge in [0.05, 0.1) is 5.56 Å². The van der Waals surface area contributed by atoms with Crippen LogP contribution in [0.15, 0.2) is 42.5 Å². The van der Waals surface area contributed by atoms with Gasteiger partial charge in [-0.15, -0.1) is 0 Å². The lowest BCUT2D eigenvalue weighted by molar-refractivity contribution is 0.102. The Kier molecular flexibility index (Phi) is 4.07. The number of aryl methyl sites for hydroxylation is 1. The molecule has 0 heterocycles. The highest BCUT2D eigenvalue weighted by molar-refractivity contribution is 6.31. The summed E-state index contributed by atoms with van der Waals surface area (Å²) in [5.41, 5.74) is 1.95. The van der Waals surface area contributed by atoms with E-state index in [1.807, 2.05) is 31.2 Å². The van der Waals surface area contributed by atoms with Gasteiger partial charge in [-0.05, 0) is 36.2 Å². The maximum absolute atomic E-state index is 12.1. The number of carbonyl (C=O) groups is 1. The first-order valence-electron chi connectivity index (χ1n) is 5.99. The van der Waals surface area contributed by atoms with E-state index in [4.69, 9.17) is 11.6 Å². The summed E-state index contributed by atoms with van der Waals surface area (Å²) < 4.78 is 0. The fraction of sp³-hybridized carbons (Fsp3) is 0.133. The topological polar surface area (TPSA) is 49.3 Å². The minimum absolute atomic E-state index is 0.0871. The predicted molar refractivity (Wildman–Crippen MR) is 76.9 cm³/mol. The molecule has 98 valence electrons. The van der Waals surface area contributed by atoms with Crippen molar-refractivity contribution in [3.63, 3.8) is 0 Å². The monoisotopic (exact) mass is 275 g/mol. The quantitative estimate of drug-likeness (QED) is 0.894. The molecule has 0 saturated heterocycles. The number of para-hydroxylation sites is 1. The SMILES string of the molecule is CCc1ccccc1NC(=O)c1cc(Cl)ccc1O. The number of phenolic OH excluding ortho intramolecular Hbond substituents is 1. The molecule has 2 rings (SSSR count). The zero-order valence-corrected chi connectivity index (χ0v) is 11.2. The number of benzene rings is 2. The van der Waals surface area contributed by atoms with Crippen LogP contribution in [-0.4, -0.2) is 11.0 Å². The number of nitrogens with one attached hydrogen (secondary N) is 1. The lowest BCUT2D eigenvalue weighted by Crippen LogP contribution is -2.13. The van der Waals surface area contributed by atoms with Crippen molar-refractivity contribution >= 4 is 23.2 Å². The molecule has 0 aromatic heterocycles. The van der Waals surface area contributed by atoms with Crippen molar-refractivity contribution in [2.75, 3.05) is 5.32 Å². The molecule has 2 aromatic rings. The van der Waals surface area contributed by atoms with E-state index in [0.717, 1.165) is 17.7 Å². The predicted octanol–water partition coefficient (Wildman–Crippen LogP) is 3.86. The summed E-state index contributed by atoms with van der Waals surface area (Å²) in [5, 5.41) is 12.9. The van der Waals surface area contributed by atoms with Gasteiger partial charge in [-0.3, -0.25) is 4.79 Å². The highest BCUT2D eigenvalue weighted by atomic mass is 35.5. The summed E-state index contributed by atoms with van der Waals surface area (Å²) in [6, 6.07) is 11.9. The third kappa shape index (κ3) is 3.06. The van der Waals surface area contributed by atoms with E-state index in [1.54, 1.807) is 0 Å². The number of phenols is 1. The van der Waals surface area contributed by atoms with Gasteiger partial charge in [0.1, 0.15) is 5.75 Å². The van der Waals surface area contributed by atoms with Gasteiger partial charge in [-0.25, -0.2) is 0 Å². The molecule has 1 amide bonds. The largest absolute Gasteiger partial charge is 0.507 e. The van der Waals surface area contributed by atoms with Crippen LogP contribution in [0.3, 0.4) is 0 Å². The lowest BCUT2D eigenvalue weighted by atomic mass is 10.1. The van der Waals surface area contributed by atoms with Crippen molar-refractivity contribution < 1.29 is 9.90 Å². The van der Waals surface area contributed by atoms with Gasteiger partial charge in [-0.1, -0.05) is 36.7 Å². The van der Waals surface area contributed by atoms with Crippen LogP contribution >= 0.6 is 11.6 Å². The molecule has 2 aromatic carbocycles. The van der Waals surface area contributed by atoms with E-state index >= 15 is 0 Å². The van der Waals surface area contributed by atoms with Crippen LogP contribution in [-0.2, 0) is 6.42 Å². The van der Waals surface area contributed by atoms with Gasteiger partial charge >= 0.3 is 0 Å². The van der Waals surface area contributed by atoms with E-state index < -0.39 is 0 Å². The number of hydrogen-bond donors (Lipinski definition) is 2. The van der Waals surface area contributed by atoms with Crippen LogP contribution in [0, 0.1) is 0 Å². The Morgan fingerprint density at radius 1 is 1.26 bits per heavy atom. The maximum atomic E-state index is 12.1. The third-order valence-corrected chi connectivity index (χ3v) is 3.08. The number of rotatable bonds is 3. The molecular formula is C15H14ClNO2. The Balaban J connectivity index is 2.28. The molecule has 0 radical (unpaired) electrons. The number of amides is 1. The fourth-order valence-corrected chi connectivity index (χ4v) is 2.00. The van der Waals surface area contributed by atoms with Crippen molar-refractivity contribution in [1.29, 1.82) is 0 Å². The average molecular weight is 276 g/mol. The summed E-state index contributed by atoms with van der Waals surface area (Å²) in [7, 11) is 0. The number of anilines is 1. The second-order valence-corrected chi connectivity index (χ2v) is 4.56. The molecule has 0 fully saturated rings. The van der Waals surface area contributed by atoms with E-state index in [0.29, 0.717) is 5.02 Å². The molecule has 0 aliphatic carbocycles. The second-order valence-electron chi connectivity index (χ2n) is 4.13. The molecule has 3 nitrogen and oxygen atoms in total. The Labute approximate surface area is 116 Å². The van der Waals surface area contributed by atoms with Crippen LogP contribution in [0.5, 0.6) is 5.75 Å². The highest BCUT2D eigenvalue weighted by Crippen LogP contribution is 2.23. The molecule has 0 bridgehead atoms. The number of carbonyl (C=O) groups excluding carboxylic acids is 1. The molecule has 0 aliphatic heterocycles. The Hall–Kier alpha value is -2.00. The molecule has 0 aliphatic rings. The van der Waals surface area contributed by atoms with Crippen LogP contribution in [0.4, 0.5) is 5.69 Å². The average Bonchev–Trinajstić information content (AvgIpc) is 2.42. The van der Waals surface area contributed by atoms with Gasteiger partial charge in [0.25, 0.3) is 5.91 Å². The first-order valence-corrected chi connectivity index (χ1v) is 6.37. The van der Waals surface area contributed by atoms with Crippen molar-refractivity contribution in [2.24, 2.45) is 0 Å². The third-order valence-electron chi connectivity index (χ3n) is 2.85. The first kappa shape index (κ1) is 13.4. The van der Waals surface area contributed by atoms with E-state index in [-0.39, 0.29) is 17.2 Å². The first-order chi connectivity index (χ1) is 9.11. The summed E-state index contributed by atoms with van der Waals surface area (Å²) in [4.78, 5) is 12.1. The summed E-state index contributed by atoms with van der Waals surface area (Å²) >= 11 is 5.83. The van der Waals surface area contributed by atoms with E-state index in [2.05, 4.69) is 5.32 Å². The molecule has 0 spiro atoms. The fourth-order valence-electron chi connectivity index (χ4n) is 1.83. The minimum atomic E-state index is -0.374. The second kappa shape index (κ2) is 5.76. The zero-order chi connectivity index (χ0) is 13.8. The summed E-state index contributed by atoms with van der Waals surface area (Å²) in [5.74, 6) is -0.461. The highest BCUT2D eigenvalue weighted by Gasteiger charge is 2.13. The zero-order valence-electron chi connectivity index (χ0n) is 10.5. The Bertz CT molecular complexity index is 611. The summed E-state index contributed by atoms with van der Waals surface area (Å²) in [6.45, 7) is 2.02. The molecule has 0 saturated carbocycles. The van der Waals surface area contributed by atoms with Crippen molar-refractivity contribution in [1.82, 2.24) is 0 Å². The lowest BCUT2D eigenvalue weighted by Gasteiger charge is -2.10. The van der Waals surface area contributed by atoms with Crippen molar-refractivity contribution in [3.8, 4) is 5.75 Å². The van der Waals surface area contributed by atoms with Crippen molar-refractivity contribution in [2.45, 2.75) is 13.3 Å². The van der Waals surface area contributed by atoms with Gasteiger partial charge < -0.3 is 10.4 Å². The molecular weight excluding hydrogens is 262 g/mol. The number of halogens is 1. The Morgan fingerprint density at radius 3 is 2.74 bits per heavy atom. The van der Waals surface area contributed by atoms with E-state index in [9.17, 15) is 9.90 Å².